The van der Waals surface area contributed by atoms with Gasteiger partial charge in [-0.1, -0.05) is 319 Å². The number of aliphatic hydroxyl groups excluding tert-OH is 1. The molecule has 0 aromatic rings. The van der Waals surface area contributed by atoms with Crippen molar-refractivity contribution >= 4 is 39.5 Å². The third-order valence-corrected chi connectivity index (χ3v) is 19.7. The topological polar surface area (TPSA) is 237 Å². The summed E-state index contributed by atoms with van der Waals surface area (Å²) in [6.45, 7) is 14.2. The van der Waals surface area contributed by atoms with Gasteiger partial charge in [0.1, 0.15) is 19.3 Å². The molecular formula is C74H144O17P2. The molecule has 0 amide bonds. The van der Waals surface area contributed by atoms with Crippen LogP contribution >= 0.6 is 15.6 Å². The second-order valence-corrected chi connectivity index (χ2v) is 31.0. The number of carbonyl (C=O) groups is 4. The molecular weight excluding hydrogens is 1220 g/mol. The molecule has 552 valence electrons. The number of ether oxygens (including phenoxy) is 4. The molecule has 0 radical (unpaired) electrons. The minimum atomic E-state index is -4.96. The van der Waals surface area contributed by atoms with Crippen LogP contribution in [0.1, 0.15) is 370 Å². The number of rotatable bonds is 71. The fourth-order valence-corrected chi connectivity index (χ4v) is 12.7. The fraction of sp³-hybridized carbons (Fsp3) is 0.946. The van der Waals surface area contributed by atoms with Crippen molar-refractivity contribution in [3.05, 3.63) is 0 Å². The number of unbranched alkanes of at least 4 members (excludes halogenated alkanes) is 35. The first-order chi connectivity index (χ1) is 44.7. The first-order valence-corrected chi connectivity index (χ1v) is 41.3. The van der Waals surface area contributed by atoms with Crippen molar-refractivity contribution in [1.29, 1.82) is 0 Å². The number of aliphatic hydroxyl groups is 1. The molecule has 0 fully saturated rings. The van der Waals surface area contributed by atoms with E-state index in [0.717, 1.165) is 114 Å². The Morgan fingerprint density at radius 1 is 0.301 bits per heavy atom. The van der Waals surface area contributed by atoms with E-state index in [1.54, 1.807) is 0 Å². The summed E-state index contributed by atoms with van der Waals surface area (Å²) in [6.07, 6.45) is 47.1. The monoisotopic (exact) mass is 1370 g/mol. The van der Waals surface area contributed by atoms with Gasteiger partial charge < -0.3 is 33.8 Å². The van der Waals surface area contributed by atoms with Crippen molar-refractivity contribution in [2.24, 2.45) is 23.7 Å². The normalized spacial score (nSPS) is 14.8. The Hall–Kier alpha value is -1.94. The van der Waals surface area contributed by atoms with Gasteiger partial charge in [-0.25, -0.2) is 9.13 Å². The zero-order valence-corrected chi connectivity index (χ0v) is 62.7. The average molecular weight is 1370 g/mol. The van der Waals surface area contributed by atoms with Crippen LogP contribution in [0, 0.1) is 23.7 Å². The molecule has 0 aromatic carbocycles. The lowest BCUT2D eigenvalue weighted by molar-refractivity contribution is -0.161. The maximum absolute atomic E-state index is 13.0. The molecule has 0 aromatic heterocycles. The van der Waals surface area contributed by atoms with Crippen molar-refractivity contribution in [3.63, 3.8) is 0 Å². The summed E-state index contributed by atoms with van der Waals surface area (Å²) < 4.78 is 68.4. The molecule has 0 aliphatic rings. The number of esters is 4. The first kappa shape index (κ1) is 91.1. The fourth-order valence-electron chi connectivity index (χ4n) is 11.1. The van der Waals surface area contributed by atoms with Gasteiger partial charge in [-0.15, -0.1) is 0 Å². The number of phosphoric acid groups is 2. The Balaban J connectivity index is 5.24. The van der Waals surface area contributed by atoms with Crippen LogP contribution in [0.3, 0.4) is 0 Å². The predicted octanol–water partition coefficient (Wildman–Crippen LogP) is 21.3. The van der Waals surface area contributed by atoms with Gasteiger partial charge >= 0.3 is 39.5 Å². The minimum absolute atomic E-state index is 0.104. The van der Waals surface area contributed by atoms with Gasteiger partial charge in [-0.05, 0) is 49.4 Å². The first-order valence-electron chi connectivity index (χ1n) is 38.3. The van der Waals surface area contributed by atoms with Crippen molar-refractivity contribution in [3.8, 4) is 0 Å². The van der Waals surface area contributed by atoms with Crippen molar-refractivity contribution in [1.82, 2.24) is 0 Å². The molecule has 19 heteroatoms. The molecule has 7 atom stereocenters. The predicted molar refractivity (Wildman–Crippen MR) is 377 cm³/mol. The third kappa shape index (κ3) is 65.8. The summed E-state index contributed by atoms with van der Waals surface area (Å²) in [5.74, 6) is 0.953. The lowest BCUT2D eigenvalue weighted by Crippen LogP contribution is -2.30. The van der Waals surface area contributed by atoms with E-state index >= 15 is 0 Å². The van der Waals surface area contributed by atoms with Gasteiger partial charge in [0.2, 0.25) is 0 Å². The van der Waals surface area contributed by atoms with E-state index in [1.807, 2.05) is 0 Å². The summed E-state index contributed by atoms with van der Waals surface area (Å²) in [5.41, 5.74) is 0. The molecule has 17 nitrogen and oxygen atoms in total. The highest BCUT2D eigenvalue weighted by Crippen LogP contribution is 2.45. The highest BCUT2D eigenvalue weighted by Gasteiger charge is 2.30. The largest absolute Gasteiger partial charge is 0.472 e. The summed E-state index contributed by atoms with van der Waals surface area (Å²) >= 11 is 0. The van der Waals surface area contributed by atoms with Gasteiger partial charge in [0.15, 0.2) is 12.2 Å². The van der Waals surface area contributed by atoms with Crippen LogP contribution in [0.5, 0.6) is 0 Å². The zero-order valence-electron chi connectivity index (χ0n) is 60.9. The number of hydrogen-bond donors (Lipinski definition) is 3. The molecule has 0 bridgehead atoms. The molecule has 0 aliphatic heterocycles. The molecule has 0 heterocycles. The quantitative estimate of drug-likeness (QED) is 0.0222. The van der Waals surface area contributed by atoms with Gasteiger partial charge in [0.25, 0.3) is 0 Å². The van der Waals surface area contributed by atoms with Crippen LogP contribution in [-0.2, 0) is 65.4 Å². The highest BCUT2D eigenvalue weighted by molar-refractivity contribution is 7.47. The number of phosphoric ester groups is 2. The number of carbonyl (C=O) groups excluding carboxylic acids is 4. The Bertz CT molecular complexity index is 1840. The van der Waals surface area contributed by atoms with Crippen LogP contribution in [0.4, 0.5) is 0 Å². The van der Waals surface area contributed by atoms with Gasteiger partial charge in [0, 0.05) is 25.7 Å². The standard InChI is InChI=1S/C74H144O17P2/c1-9-66(7)52-44-36-28-20-15-13-11-12-14-16-22-31-40-48-56-73(78)90-70(61-85-72(77)55-47-39-33-25-27-35-43-51-65(5)6)63-89-93(82,83)87-59-68(75)58-86-92(80,81)88-62-69(91-74(79)57-49-41-32-24-23-29-37-45-53-67(8)10-2)60-84-71(76)54-46-38-30-21-18-17-19-26-34-42-50-64(3)4/h64-70,75H,9-63H2,1-8H3,(H,80,81)(H,82,83)/t66?,67?,68?,69-,70-/m1/s1. The Labute approximate surface area is 568 Å². The third-order valence-electron chi connectivity index (χ3n) is 17.8. The molecule has 0 saturated carbocycles. The molecule has 0 rings (SSSR count). The summed E-state index contributed by atoms with van der Waals surface area (Å²) in [7, 11) is -9.91. The molecule has 5 unspecified atom stereocenters. The Morgan fingerprint density at radius 2 is 0.516 bits per heavy atom. The van der Waals surface area contributed by atoms with Crippen molar-refractivity contribution < 1.29 is 80.2 Å². The molecule has 0 aliphatic carbocycles. The average Bonchev–Trinajstić information content (AvgIpc) is 3.17. The lowest BCUT2D eigenvalue weighted by Gasteiger charge is -2.21. The van der Waals surface area contributed by atoms with E-state index in [0.29, 0.717) is 31.6 Å². The Morgan fingerprint density at radius 3 is 0.763 bits per heavy atom. The van der Waals surface area contributed by atoms with E-state index in [1.165, 1.54) is 167 Å². The van der Waals surface area contributed by atoms with Crippen molar-refractivity contribution in [2.45, 2.75) is 388 Å². The second kappa shape index (κ2) is 63.5. The molecule has 3 N–H and O–H groups in total. The molecule has 0 saturated heterocycles. The van der Waals surface area contributed by atoms with Crippen LogP contribution in [0.25, 0.3) is 0 Å². The van der Waals surface area contributed by atoms with Gasteiger partial charge in [0.05, 0.1) is 26.4 Å². The SMILES string of the molecule is CCC(C)CCCCCCCCCCCCCCCCC(=O)O[C@H](COC(=O)CCCCCCCCCC(C)C)COP(=O)(O)OCC(O)COP(=O)(O)OC[C@@H](COC(=O)CCCCCCCCCCCCC(C)C)OC(=O)CCCCCCCCCCC(C)CC. The van der Waals surface area contributed by atoms with Crippen LogP contribution in [-0.4, -0.2) is 96.7 Å². The summed E-state index contributed by atoms with van der Waals surface area (Å²) in [6, 6.07) is 0. The number of hydrogen-bond acceptors (Lipinski definition) is 15. The lowest BCUT2D eigenvalue weighted by atomic mass is 9.99. The highest BCUT2D eigenvalue weighted by atomic mass is 31.2. The van der Waals surface area contributed by atoms with E-state index < -0.39 is 97.5 Å². The summed E-state index contributed by atoms with van der Waals surface area (Å²) in [5, 5.41) is 10.6. The van der Waals surface area contributed by atoms with Crippen LogP contribution < -0.4 is 0 Å². The van der Waals surface area contributed by atoms with E-state index in [9.17, 15) is 43.2 Å². The minimum Gasteiger partial charge on any atom is -0.462 e. The Kier molecular flexibility index (Phi) is 62.2. The van der Waals surface area contributed by atoms with Gasteiger partial charge in [-0.2, -0.15) is 0 Å². The summed E-state index contributed by atoms with van der Waals surface area (Å²) in [4.78, 5) is 72.7. The van der Waals surface area contributed by atoms with Gasteiger partial charge in [-0.3, -0.25) is 37.3 Å². The van der Waals surface area contributed by atoms with Crippen LogP contribution in [0.15, 0.2) is 0 Å². The second-order valence-electron chi connectivity index (χ2n) is 28.1. The maximum Gasteiger partial charge on any atom is 0.472 e. The van der Waals surface area contributed by atoms with Crippen molar-refractivity contribution in [2.75, 3.05) is 39.6 Å². The molecule has 93 heavy (non-hydrogen) atoms. The zero-order chi connectivity index (χ0) is 68.9. The smallest absolute Gasteiger partial charge is 0.462 e. The molecule has 0 spiro atoms. The maximum atomic E-state index is 13.0. The van der Waals surface area contributed by atoms with E-state index in [-0.39, 0.29) is 25.7 Å². The van der Waals surface area contributed by atoms with E-state index in [4.69, 9.17) is 37.0 Å². The van der Waals surface area contributed by atoms with E-state index in [2.05, 4.69) is 55.4 Å². The van der Waals surface area contributed by atoms with Crippen LogP contribution in [0.2, 0.25) is 0 Å².